The number of rotatable bonds is 6. The summed E-state index contributed by atoms with van der Waals surface area (Å²) in [5.41, 5.74) is 3.98. The van der Waals surface area contributed by atoms with Crippen molar-refractivity contribution in [3.05, 3.63) is 59.7 Å². The van der Waals surface area contributed by atoms with Crippen molar-refractivity contribution in [3.8, 4) is 0 Å². The fourth-order valence-electron chi connectivity index (χ4n) is 2.17. The van der Waals surface area contributed by atoms with Crippen LogP contribution in [-0.4, -0.2) is 6.04 Å². The summed E-state index contributed by atoms with van der Waals surface area (Å²) in [6.45, 7) is 13.6. The molecule has 18 heavy (non-hydrogen) atoms. The Morgan fingerprint density at radius 1 is 1.22 bits per heavy atom. The molecule has 98 valence electrons. The predicted molar refractivity (Wildman–Crippen MR) is 80.5 cm³/mol. The predicted octanol–water partition coefficient (Wildman–Crippen LogP) is 4.32. The lowest BCUT2D eigenvalue weighted by Gasteiger charge is -2.25. The van der Waals surface area contributed by atoms with Gasteiger partial charge in [-0.25, -0.2) is 0 Å². The van der Waals surface area contributed by atoms with Gasteiger partial charge in [-0.15, -0.1) is 0 Å². The number of allylic oxidation sites excluding steroid dienone is 1. The Bertz CT molecular complexity index is 397. The first-order chi connectivity index (χ1) is 8.56. The summed E-state index contributed by atoms with van der Waals surface area (Å²) < 4.78 is 0. The van der Waals surface area contributed by atoms with Crippen LogP contribution in [0.15, 0.2) is 54.1 Å². The van der Waals surface area contributed by atoms with Crippen molar-refractivity contribution in [2.24, 2.45) is 5.92 Å². The normalized spacial score (nSPS) is 12.3. The summed E-state index contributed by atoms with van der Waals surface area (Å²) in [6, 6.07) is 10.9. The van der Waals surface area contributed by atoms with E-state index in [1.165, 1.54) is 16.7 Å². The molecule has 0 spiro atoms. The van der Waals surface area contributed by atoms with Gasteiger partial charge in [0.1, 0.15) is 0 Å². The lowest BCUT2D eigenvalue weighted by molar-refractivity contribution is 0.448. The van der Waals surface area contributed by atoms with Crippen LogP contribution in [0.5, 0.6) is 0 Å². The molecule has 0 saturated carbocycles. The van der Waals surface area contributed by atoms with E-state index in [2.05, 4.69) is 69.9 Å². The SMILES string of the molecule is C=CC(=C(C)C)C(NCc1ccccc1)C(C)C. The van der Waals surface area contributed by atoms with Crippen LogP contribution < -0.4 is 5.32 Å². The summed E-state index contributed by atoms with van der Waals surface area (Å²) in [5.74, 6) is 0.552. The molecule has 1 unspecified atom stereocenters. The first kappa shape index (κ1) is 14.7. The standard InChI is InChI=1S/C17H25N/c1-6-16(13(2)3)17(14(4)5)18-12-15-10-8-7-9-11-15/h6-11,14,17-18H,1,12H2,2-5H3. The third-order valence-corrected chi connectivity index (χ3v) is 3.17. The molecule has 0 saturated heterocycles. The number of hydrogen-bond acceptors (Lipinski definition) is 1. The van der Waals surface area contributed by atoms with Crippen LogP contribution in [0.3, 0.4) is 0 Å². The Morgan fingerprint density at radius 3 is 2.28 bits per heavy atom. The van der Waals surface area contributed by atoms with Crippen molar-refractivity contribution in [2.45, 2.75) is 40.3 Å². The first-order valence-electron chi connectivity index (χ1n) is 6.63. The molecule has 1 aromatic carbocycles. The van der Waals surface area contributed by atoms with Gasteiger partial charge >= 0.3 is 0 Å². The number of hydrogen-bond donors (Lipinski definition) is 1. The minimum Gasteiger partial charge on any atom is -0.306 e. The van der Waals surface area contributed by atoms with Crippen LogP contribution in [0.1, 0.15) is 33.3 Å². The van der Waals surface area contributed by atoms with Crippen molar-refractivity contribution >= 4 is 0 Å². The maximum Gasteiger partial charge on any atom is 0.0345 e. The molecule has 1 aromatic rings. The monoisotopic (exact) mass is 243 g/mol. The van der Waals surface area contributed by atoms with Gasteiger partial charge in [-0.2, -0.15) is 0 Å². The van der Waals surface area contributed by atoms with Crippen molar-refractivity contribution < 1.29 is 0 Å². The van der Waals surface area contributed by atoms with Gasteiger partial charge in [0.05, 0.1) is 0 Å². The lowest BCUT2D eigenvalue weighted by Crippen LogP contribution is -2.35. The quantitative estimate of drug-likeness (QED) is 0.734. The van der Waals surface area contributed by atoms with Gasteiger partial charge in [0.15, 0.2) is 0 Å². The molecule has 1 rings (SSSR count). The summed E-state index contributed by atoms with van der Waals surface area (Å²) in [4.78, 5) is 0. The molecule has 0 aromatic heterocycles. The number of benzene rings is 1. The van der Waals surface area contributed by atoms with E-state index in [1.807, 2.05) is 6.08 Å². The Morgan fingerprint density at radius 2 is 1.83 bits per heavy atom. The summed E-state index contributed by atoms with van der Waals surface area (Å²) in [6.07, 6.45) is 1.98. The minimum atomic E-state index is 0.368. The second kappa shape index (κ2) is 7.17. The molecule has 0 aliphatic rings. The zero-order chi connectivity index (χ0) is 13.5. The maximum atomic E-state index is 3.94. The van der Waals surface area contributed by atoms with Crippen molar-refractivity contribution in [1.82, 2.24) is 5.32 Å². The maximum absolute atomic E-state index is 3.94. The van der Waals surface area contributed by atoms with Gasteiger partial charge in [-0.1, -0.05) is 62.4 Å². The van der Waals surface area contributed by atoms with Crippen LogP contribution >= 0.6 is 0 Å². The molecule has 1 N–H and O–H groups in total. The van der Waals surface area contributed by atoms with E-state index in [4.69, 9.17) is 0 Å². The smallest absolute Gasteiger partial charge is 0.0345 e. The Balaban J connectivity index is 2.76. The molecule has 0 aliphatic heterocycles. The Labute approximate surface area is 112 Å². The second-order valence-corrected chi connectivity index (χ2v) is 5.25. The Kier molecular flexibility index (Phi) is 5.87. The van der Waals surface area contributed by atoms with Gasteiger partial charge in [0.2, 0.25) is 0 Å². The molecule has 0 radical (unpaired) electrons. The molecule has 1 atom stereocenters. The molecule has 1 heteroatoms. The molecule has 0 bridgehead atoms. The van der Waals surface area contributed by atoms with Crippen molar-refractivity contribution in [1.29, 1.82) is 0 Å². The molecule has 0 fully saturated rings. The van der Waals surface area contributed by atoms with Crippen LogP contribution in [0, 0.1) is 5.92 Å². The molecular weight excluding hydrogens is 218 g/mol. The highest BCUT2D eigenvalue weighted by Gasteiger charge is 2.16. The second-order valence-electron chi connectivity index (χ2n) is 5.25. The van der Waals surface area contributed by atoms with Crippen molar-refractivity contribution in [3.63, 3.8) is 0 Å². The molecule has 0 heterocycles. The number of nitrogens with one attached hydrogen (secondary N) is 1. The molecule has 1 nitrogen and oxygen atoms in total. The van der Waals surface area contributed by atoms with Gasteiger partial charge in [-0.3, -0.25) is 0 Å². The van der Waals surface area contributed by atoms with E-state index in [-0.39, 0.29) is 0 Å². The van der Waals surface area contributed by atoms with Gasteiger partial charge in [0.25, 0.3) is 0 Å². The highest BCUT2D eigenvalue weighted by atomic mass is 14.9. The lowest BCUT2D eigenvalue weighted by atomic mass is 9.92. The topological polar surface area (TPSA) is 12.0 Å². The average molecular weight is 243 g/mol. The summed E-state index contributed by atoms with van der Waals surface area (Å²) >= 11 is 0. The van der Waals surface area contributed by atoms with Crippen LogP contribution in [0.2, 0.25) is 0 Å². The van der Waals surface area contributed by atoms with E-state index >= 15 is 0 Å². The van der Waals surface area contributed by atoms with Crippen molar-refractivity contribution in [2.75, 3.05) is 0 Å². The third kappa shape index (κ3) is 4.15. The first-order valence-corrected chi connectivity index (χ1v) is 6.63. The third-order valence-electron chi connectivity index (χ3n) is 3.17. The van der Waals surface area contributed by atoms with Crippen LogP contribution in [0.4, 0.5) is 0 Å². The zero-order valence-electron chi connectivity index (χ0n) is 12.0. The highest BCUT2D eigenvalue weighted by molar-refractivity contribution is 5.28. The fourth-order valence-corrected chi connectivity index (χ4v) is 2.17. The average Bonchev–Trinajstić information content (AvgIpc) is 2.34. The van der Waals surface area contributed by atoms with Crippen LogP contribution in [0.25, 0.3) is 0 Å². The zero-order valence-corrected chi connectivity index (χ0v) is 12.0. The minimum absolute atomic E-state index is 0.368. The van der Waals surface area contributed by atoms with E-state index in [0.29, 0.717) is 12.0 Å². The van der Waals surface area contributed by atoms with E-state index in [9.17, 15) is 0 Å². The van der Waals surface area contributed by atoms with E-state index < -0.39 is 0 Å². The van der Waals surface area contributed by atoms with Gasteiger partial charge < -0.3 is 5.32 Å². The van der Waals surface area contributed by atoms with Gasteiger partial charge in [0, 0.05) is 12.6 Å². The molecule has 0 aliphatic carbocycles. The molecule has 0 amide bonds. The van der Waals surface area contributed by atoms with E-state index in [0.717, 1.165) is 6.54 Å². The summed E-state index contributed by atoms with van der Waals surface area (Å²) in [5, 5.41) is 3.64. The Hall–Kier alpha value is -1.34. The molecular formula is C17H25N. The fraction of sp³-hybridized carbons (Fsp3) is 0.412. The van der Waals surface area contributed by atoms with Gasteiger partial charge in [-0.05, 0) is 30.9 Å². The van der Waals surface area contributed by atoms with E-state index in [1.54, 1.807) is 0 Å². The summed E-state index contributed by atoms with van der Waals surface area (Å²) in [7, 11) is 0. The van der Waals surface area contributed by atoms with Crippen LogP contribution in [-0.2, 0) is 6.54 Å². The highest BCUT2D eigenvalue weighted by Crippen LogP contribution is 2.17. The largest absolute Gasteiger partial charge is 0.306 e.